The number of carbonyl (C=O) groups is 2. The SMILES string of the molecule is CN1CC[C@@H](NC(=O)Nc2nnc(C3CCCCC3)s2)C1=O. The molecule has 2 fully saturated rings. The minimum absolute atomic E-state index is 0.0460. The highest BCUT2D eigenvalue weighted by molar-refractivity contribution is 7.15. The van der Waals surface area contributed by atoms with Crippen LogP contribution >= 0.6 is 11.3 Å². The van der Waals surface area contributed by atoms with E-state index in [-0.39, 0.29) is 11.9 Å². The number of likely N-dealkylation sites (N-methyl/N-ethyl adjacent to an activating group) is 1. The van der Waals surface area contributed by atoms with Gasteiger partial charge in [0.1, 0.15) is 11.0 Å². The van der Waals surface area contributed by atoms with Crippen LogP contribution in [-0.2, 0) is 4.79 Å². The average molecular weight is 323 g/mol. The van der Waals surface area contributed by atoms with E-state index in [2.05, 4.69) is 20.8 Å². The summed E-state index contributed by atoms with van der Waals surface area (Å²) in [6.07, 6.45) is 6.74. The van der Waals surface area contributed by atoms with Crippen LogP contribution in [0.15, 0.2) is 0 Å². The van der Waals surface area contributed by atoms with E-state index in [1.54, 1.807) is 11.9 Å². The zero-order valence-electron chi connectivity index (χ0n) is 12.7. The molecule has 2 N–H and O–H groups in total. The molecular weight excluding hydrogens is 302 g/mol. The fourth-order valence-electron chi connectivity index (χ4n) is 3.05. The molecule has 2 heterocycles. The fraction of sp³-hybridized carbons (Fsp3) is 0.714. The summed E-state index contributed by atoms with van der Waals surface area (Å²) in [6.45, 7) is 0.675. The average Bonchev–Trinajstić information content (AvgIpc) is 3.10. The smallest absolute Gasteiger partial charge is 0.321 e. The van der Waals surface area contributed by atoms with Crippen molar-refractivity contribution in [1.29, 1.82) is 0 Å². The number of urea groups is 1. The first-order valence-electron chi connectivity index (χ1n) is 7.79. The summed E-state index contributed by atoms with van der Waals surface area (Å²) < 4.78 is 0. The minimum Gasteiger partial charge on any atom is -0.344 e. The van der Waals surface area contributed by atoms with Crippen molar-refractivity contribution in [3.8, 4) is 0 Å². The fourth-order valence-corrected chi connectivity index (χ4v) is 3.95. The van der Waals surface area contributed by atoms with E-state index in [1.165, 1.54) is 30.6 Å². The maximum atomic E-state index is 12.0. The van der Waals surface area contributed by atoms with E-state index in [9.17, 15) is 9.59 Å². The van der Waals surface area contributed by atoms with Gasteiger partial charge < -0.3 is 10.2 Å². The van der Waals surface area contributed by atoms with Gasteiger partial charge in [-0.25, -0.2) is 4.79 Å². The minimum atomic E-state index is -0.435. The van der Waals surface area contributed by atoms with Crippen molar-refractivity contribution < 1.29 is 9.59 Å². The highest BCUT2D eigenvalue weighted by Gasteiger charge is 2.30. The second-order valence-electron chi connectivity index (χ2n) is 5.98. The number of carbonyl (C=O) groups excluding carboxylic acids is 2. The molecule has 1 aliphatic heterocycles. The lowest BCUT2D eigenvalue weighted by Crippen LogP contribution is -2.42. The summed E-state index contributed by atoms with van der Waals surface area (Å²) in [5, 5.41) is 15.1. The molecule has 0 spiro atoms. The topological polar surface area (TPSA) is 87.2 Å². The highest BCUT2D eigenvalue weighted by Crippen LogP contribution is 2.35. The largest absolute Gasteiger partial charge is 0.344 e. The number of hydrogen-bond acceptors (Lipinski definition) is 5. The Labute approximate surface area is 133 Å². The monoisotopic (exact) mass is 323 g/mol. The Morgan fingerprint density at radius 1 is 1.23 bits per heavy atom. The van der Waals surface area contributed by atoms with Crippen LogP contribution in [0.5, 0.6) is 0 Å². The lowest BCUT2D eigenvalue weighted by Gasteiger charge is -2.18. The first-order valence-corrected chi connectivity index (χ1v) is 8.61. The molecule has 8 heteroatoms. The van der Waals surface area contributed by atoms with Gasteiger partial charge in [0.15, 0.2) is 0 Å². The van der Waals surface area contributed by atoms with Crippen molar-refractivity contribution in [3.63, 3.8) is 0 Å². The third kappa shape index (κ3) is 3.37. The predicted octanol–water partition coefficient (Wildman–Crippen LogP) is 1.94. The molecule has 1 aromatic rings. The molecule has 0 radical (unpaired) electrons. The molecule has 22 heavy (non-hydrogen) atoms. The molecule has 0 aromatic carbocycles. The number of nitrogens with zero attached hydrogens (tertiary/aromatic N) is 3. The second-order valence-corrected chi connectivity index (χ2v) is 6.99. The lowest BCUT2D eigenvalue weighted by atomic mass is 9.90. The highest BCUT2D eigenvalue weighted by atomic mass is 32.1. The van der Waals surface area contributed by atoms with Gasteiger partial charge in [-0.05, 0) is 19.3 Å². The molecule has 7 nitrogen and oxygen atoms in total. The number of anilines is 1. The van der Waals surface area contributed by atoms with Gasteiger partial charge in [0, 0.05) is 19.5 Å². The molecule has 1 aromatic heterocycles. The maximum Gasteiger partial charge on any atom is 0.321 e. The summed E-state index contributed by atoms with van der Waals surface area (Å²) >= 11 is 1.44. The summed E-state index contributed by atoms with van der Waals surface area (Å²) in [5.41, 5.74) is 0. The van der Waals surface area contributed by atoms with E-state index in [1.807, 2.05) is 0 Å². The van der Waals surface area contributed by atoms with Gasteiger partial charge in [-0.15, -0.1) is 10.2 Å². The zero-order valence-corrected chi connectivity index (χ0v) is 13.5. The van der Waals surface area contributed by atoms with E-state index >= 15 is 0 Å². The normalized spacial score (nSPS) is 22.9. The van der Waals surface area contributed by atoms with Crippen LogP contribution in [0.1, 0.15) is 49.5 Å². The summed E-state index contributed by atoms with van der Waals surface area (Å²) in [4.78, 5) is 25.3. The molecule has 1 saturated carbocycles. The van der Waals surface area contributed by atoms with Crippen molar-refractivity contribution in [2.75, 3.05) is 18.9 Å². The molecule has 1 atom stereocenters. The molecule has 1 aliphatic carbocycles. The molecule has 0 bridgehead atoms. The van der Waals surface area contributed by atoms with E-state index in [4.69, 9.17) is 0 Å². The Morgan fingerprint density at radius 2 is 2.00 bits per heavy atom. The van der Waals surface area contributed by atoms with Gasteiger partial charge in [0.05, 0.1) is 0 Å². The summed E-state index contributed by atoms with van der Waals surface area (Å²) in [7, 11) is 1.74. The second kappa shape index (κ2) is 6.60. The Balaban J connectivity index is 1.53. The lowest BCUT2D eigenvalue weighted by molar-refractivity contribution is -0.128. The quantitative estimate of drug-likeness (QED) is 0.890. The summed E-state index contributed by atoms with van der Waals surface area (Å²) in [5.74, 6) is 0.435. The Bertz CT molecular complexity index is 555. The molecule has 2 aliphatic rings. The maximum absolute atomic E-state index is 12.0. The van der Waals surface area contributed by atoms with E-state index in [0.29, 0.717) is 24.0 Å². The van der Waals surface area contributed by atoms with Crippen LogP contribution in [0.25, 0.3) is 0 Å². The standard InChI is InChI=1S/C14H21N5O2S/c1-19-8-7-10(12(19)20)15-13(21)16-14-18-17-11(22-14)9-5-3-2-4-6-9/h9-10H,2-8H2,1H3,(H2,15,16,18,21)/t10-/m1/s1. The first-order chi connectivity index (χ1) is 10.6. The van der Waals surface area contributed by atoms with Crippen molar-refractivity contribution in [1.82, 2.24) is 20.4 Å². The Kier molecular flexibility index (Phi) is 4.56. The number of likely N-dealkylation sites (tertiary alicyclic amines) is 1. The predicted molar refractivity (Wildman–Crippen MR) is 83.9 cm³/mol. The first kappa shape index (κ1) is 15.2. The molecule has 1 saturated heterocycles. The molecule has 3 rings (SSSR count). The van der Waals surface area contributed by atoms with Gasteiger partial charge in [-0.1, -0.05) is 30.6 Å². The van der Waals surface area contributed by atoms with Crippen molar-refractivity contribution in [2.24, 2.45) is 0 Å². The van der Waals surface area contributed by atoms with Gasteiger partial charge in [0.25, 0.3) is 0 Å². The van der Waals surface area contributed by atoms with Gasteiger partial charge in [-0.3, -0.25) is 10.1 Å². The van der Waals surface area contributed by atoms with E-state index < -0.39 is 6.04 Å². The molecule has 0 unspecified atom stereocenters. The molecule has 3 amide bonds. The van der Waals surface area contributed by atoms with E-state index in [0.717, 1.165) is 17.8 Å². The van der Waals surface area contributed by atoms with Crippen LogP contribution in [0.3, 0.4) is 0 Å². The number of aromatic nitrogens is 2. The number of nitrogens with one attached hydrogen (secondary N) is 2. The van der Waals surface area contributed by atoms with Crippen molar-refractivity contribution >= 4 is 28.4 Å². The third-order valence-corrected chi connectivity index (χ3v) is 5.35. The van der Waals surface area contributed by atoms with Crippen molar-refractivity contribution in [2.45, 2.75) is 50.5 Å². The Morgan fingerprint density at radius 3 is 2.68 bits per heavy atom. The number of amides is 3. The van der Waals surface area contributed by atoms with Gasteiger partial charge in [0.2, 0.25) is 11.0 Å². The van der Waals surface area contributed by atoms with Crippen LogP contribution in [0, 0.1) is 0 Å². The van der Waals surface area contributed by atoms with Gasteiger partial charge in [-0.2, -0.15) is 0 Å². The van der Waals surface area contributed by atoms with Gasteiger partial charge >= 0.3 is 6.03 Å². The van der Waals surface area contributed by atoms with Crippen LogP contribution in [-0.4, -0.2) is 46.7 Å². The number of rotatable bonds is 3. The Hall–Kier alpha value is -1.70. The van der Waals surface area contributed by atoms with Crippen LogP contribution < -0.4 is 10.6 Å². The third-order valence-electron chi connectivity index (χ3n) is 4.35. The summed E-state index contributed by atoms with van der Waals surface area (Å²) in [6, 6.07) is -0.823. The molecular formula is C14H21N5O2S. The zero-order chi connectivity index (χ0) is 15.5. The number of hydrogen-bond donors (Lipinski definition) is 2. The van der Waals surface area contributed by atoms with Crippen LogP contribution in [0.2, 0.25) is 0 Å². The van der Waals surface area contributed by atoms with Crippen molar-refractivity contribution in [3.05, 3.63) is 5.01 Å². The van der Waals surface area contributed by atoms with Crippen LogP contribution in [0.4, 0.5) is 9.93 Å². The molecule has 120 valence electrons.